The number of hydrogen-bond acceptors (Lipinski definition) is 6. The summed E-state index contributed by atoms with van der Waals surface area (Å²) in [5.74, 6) is 1.39. The number of pyridine rings is 1. The maximum absolute atomic E-state index is 12.8. The van der Waals surface area contributed by atoms with Crippen LogP contribution < -0.4 is 9.64 Å². The Morgan fingerprint density at radius 3 is 2.73 bits per heavy atom. The molecule has 26 heavy (non-hydrogen) atoms. The van der Waals surface area contributed by atoms with Crippen molar-refractivity contribution in [1.29, 1.82) is 0 Å². The van der Waals surface area contributed by atoms with E-state index in [4.69, 9.17) is 9.26 Å². The van der Waals surface area contributed by atoms with Crippen LogP contribution >= 0.6 is 0 Å². The van der Waals surface area contributed by atoms with E-state index in [1.54, 1.807) is 19.2 Å². The van der Waals surface area contributed by atoms with E-state index in [1.807, 2.05) is 26.8 Å². The molecule has 0 spiro atoms. The van der Waals surface area contributed by atoms with E-state index in [0.717, 1.165) is 5.69 Å². The van der Waals surface area contributed by atoms with E-state index in [2.05, 4.69) is 10.1 Å². The molecule has 0 aromatic carbocycles. The van der Waals surface area contributed by atoms with Gasteiger partial charge in [0.05, 0.1) is 31.5 Å². The molecule has 7 heteroatoms. The number of methoxy groups -OCH3 is 1. The molecule has 1 aliphatic heterocycles. The summed E-state index contributed by atoms with van der Waals surface area (Å²) in [7, 11) is 1.55. The molecule has 0 unspecified atom stereocenters. The largest absolute Gasteiger partial charge is 0.495 e. The van der Waals surface area contributed by atoms with Gasteiger partial charge < -0.3 is 9.26 Å². The first-order chi connectivity index (χ1) is 12.3. The number of anilines is 1. The fourth-order valence-corrected chi connectivity index (χ4v) is 2.95. The number of carbonyl (C=O) groups is 2. The van der Waals surface area contributed by atoms with Gasteiger partial charge in [-0.2, -0.15) is 0 Å². The van der Waals surface area contributed by atoms with Crippen LogP contribution in [0, 0.1) is 0 Å². The van der Waals surface area contributed by atoms with Gasteiger partial charge >= 0.3 is 0 Å². The Morgan fingerprint density at radius 1 is 1.38 bits per heavy atom. The van der Waals surface area contributed by atoms with Crippen molar-refractivity contribution < 1.29 is 18.8 Å². The molecule has 7 nitrogen and oxygen atoms in total. The van der Waals surface area contributed by atoms with E-state index in [0.29, 0.717) is 30.2 Å². The molecule has 2 aromatic rings. The Kier molecular flexibility index (Phi) is 4.80. The van der Waals surface area contributed by atoms with Gasteiger partial charge in [0.1, 0.15) is 17.3 Å². The standard InChI is InChI=1S/C19H23N3O4/c1-19(2,3)16-10-13(26-21-16)9-15(23)14-6-8-18(24)22(14)17-7-5-12(25-4)11-20-17/h5,7,10-11,14H,6,8-9H2,1-4H3/t14-/m0/s1. The quantitative estimate of drug-likeness (QED) is 0.818. The highest BCUT2D eigenvalue weighted by molar-refractivity contribution is 6.04. The van der Waals surface area contributed by atoms with Crippen molar-refractivity contribution in [3.8, 4) is 5.75 Å². The number of nitrogens with zero attached hydrogens (tertiary/aromatic N) is 3. The lowest BCUT2D eigenvalue weighted by Crippen LogP contribution is -2.40. The van der Waals surface area contributed by atoms with E-state index in [-0.39, 0.29) is 23.5 Å². The lowest BCUT2D eigenvalue weighted by Gasteiger charge is -2.22. The summed E-state index contributed by atoms with van der Waals surface area (Å²) < 4.78 is 10.4. The number of Topliss-reactive ketones (excluding diaryl/α,β-unsaturated/α-hetero) is 1. The van der Waals surface area contributed by atoms with Crippen molar-refractivity contribution >= 4 is 17.5 Å². The van der Waals surface area contributed by atoms with Gasteiger partial charge in [0, 0.05) is 17.9 Å². The Morgan fingerprint density at radius 2 is 2.15 bits per heavy atom. The summed E-state index contributed by atoms with van der Waals surface area (Å²) in [6, 6.07) is 4.69. The van der Waals surface area contributed by atoms with Crippen LogP contribution in [0.3, 0.4) is 0 Å². The third kappa shape index (κ3) is 3.61. The zero-order valence-electron chi connectivity index (χ0n) is 15.5. The average Bonchev–Trinajstić information content (AvgIpc) is 3.21. The van der Waals surface area contributed by atoms with Gasteiger partial charge in [-0.25, -0.2) is 4.98 Å². The minimum atomic E-state index is -0.536. The summed E-state index contributed by atoms with van der Waals surface area (Å²) in [6.45, 7) is 6.09. The molecular formula is C19H23N3O4. The molecule has 3 heterocycles. The highest BCUT2D eigenvalue weighted by Gasteiger charge is 2.38. The summed E-state index contributed by atoms with van der Waals surface area (Å²) in [5.41, 5.74) is 0.657. The van der Waals surface area contributed by atoms with E-state index in [9.17, 15) is 9.59 Å². The number of amides is 1. The second-order valence-corrected chi connectivity index (χ2v) is 7.45. The van der Waals surface area contributed by atoms with Crippen molar-refractivity contribution in [2.24, 2.45) is 0 Å². The normalized spacial score (nSPS) is 17.6. The van der Waals surface area contributed by atoms with Crippen LogP contribution in [0.5, 0.6) is 5.75 Å². The monoisotopic (exact) mass is 357 g/mol. The van der Waals surface area contributed by atoms with Gasteiger partial charge in [0.2, 0.25) is 5.91 Å². The Bertz CT molecular complexity index is 805. The number of ether oxygens (including phenoxy) is 1. The summed E-state index contributed by atoms with van der Waals surface area (Å²) in [5, 5.41) is 4.04. The third-order valence-electron chi connectivity index (χ3n) is 4.46. The lowest BCUT2D eigenvalue weighted by atomic mass is 9.92. The molecule has 138 valence electrons. The summed E-state index contributed by atoms with van der Waals surface area (Å²) in [4.78, 5) is 30.8. The van der Waals surface area contributed by atoms with Gasteiger partial charge in [-0.1, -0.05) is 25.9 Å². The Labute approximate surface area is 152 Å². The molecule has 3 rings (SSSR count). The molecule has 0 bridgehead atoms. The zero-order valence-corrected chi connectivity index (χ0v) is 15.5. The maximum Gasteiger partial charge on any atom is 0.228 e. The Hall–Kier alpha value is -2.70. The van der Waals surface area contributed by atoms with Crippen LogP contribution in [0.2, 0.25) is 0 Å². The summed E-state index contributed by atoms with van der Waals surface area (Å²) in [6.07, 6.45) is 2.45. The highest BCUT2D eigenvalue weighted by Crippen LogP contribution is 2.28. The van der Waals surface area contributed by atoms with Gasteiger partial charge in [-0.05, 0) is 18.6 Å². The van der Waals surface area contributed by atoms with Gasteiger partial charge in [-0.15, -0.1) is 0 Å². The molecule has 1 atom stereocenters. The maximum atomic E-state index is 12.8. The molecule has 0 radical (unpaired) electrons. The molecule has 1 aliphatic rings. The van der Waals surface area contributed by atoms with Gasteiger partial charge in [0.15, 0.2) is 5.78 Å². The first kappa shape index (κ1) is 18.1. The lowest BCUT2D eigenvalue weighted by molar-refractivity contribution is -0.122. The second-order valence-electron chi connectivity index (χ2n) is 7.45. The van der Waals surface area contributed by atoms with Crippen molar-refractivity contribution in [2.75, 3.05) is 12.0 Å². The van der Waals surface area contributed by atoms with E-state index in [1.165, 1.54) is 11.1 Å². The van der Waals surface area contributed by atoms with Crippen molar-refractivity contribution in [2.45, 2.75) is 51.5 Å². The third-order valence-corrected chi connectivity index (χ3v) is 4.46. The molecule has 0 saturated carbocycles. The van der Waals surface area contributed by atoms with E-state index < -0.39 is 6.04 Å². The van der Waals surface area contributed by atoms with Crippen LogP contribution in [0.1, 0.15) is 45.1 Å². The van der Waals surface area contributed by atoms with Crippen LogP contribution in [0.25, 0.3) is 0 Å². The average molecular weight is 357 g/mol. The number of ketones is 1. The van der Waals surface area contributed by atoms with Crippen molar-refractivity contribution in [3.05, 3.63) is 35.9 Å². The van der Waals surface area contributed by atoms with E-state index >= 15 is 0 Å². The number of aromatic nitrogens is 2. The topological polar surface area (TPSA) is 85.5 Å². The Balaban J connectivity index is 1.77. The van der Waals surface area contributed by atoms with Crippen LogP contribution in [0.15, 0.2) is 28.9 Å². The molecule has 1 fully saturated rings. The number of carbonyl (C=O) groups excluding carboxylic acids is 2. The van der Waals surface area contributed by atoms with Crippen molar-refractivity contribution in [1.82, 2.24) is 10.1 Å². The second kappa shape index (κ2) is 6.90. The van der Waals surface area contributed by atoms with Crippen LogP contribution in [-0.2, 0) is 21.4 Å². The minimum Gasteiger partial charge on any atom is -0.495 e. The molecule has 1 amide bonds. The fourth-order valence-electron chi connectivity index (χ4n) is 2.95. The fraction of sp³-hybridized carbons (Fsp3) is 0.474. The van der Waals surface area contributed by atoms with Gasteiger partial charge in [0.25, 0.3) is 0 Å². The molecule has 2 aromatic heterocycles. The summed E-state index contributed by atoms with van der Waals surface area (Å²) >= 11 is 0. The minimum absolute atomic E-state index is 0.0786. The number of hydrogen-bond donors (Lipinski definition) is 0. The van der Waals surface area contributed by atoms with Gasteiger partial charge in [-0.3, -0.25) is 14.5 Å². The molecule has 0 N–H and O–H groups in total. The highest BCUT2D eigenvalue weighted by atomic mass is 16.5. The van der Waals surface area contributed by atoms with Crippen molar-refractivity contribution in [3.63, 3.8) is 0 Å². The predicted octanol–water partition coefficient (Wildman–Crippen LogP) is 2.68. The smallest absolute Gasteiger partial charge is 0.228 e. The van der Waals surface area contributed by atoms with Crippen LogP contribution in [0.4, 0.5) is 5.82 Å². The molecular weight excluding hydrogens is 334 g/mol. The zero-order chi connectivity index (χ0) is 18.9. The first-order valence-electron chi connectivity index (χ1n) is 8.60. The molecule has 0 aliphatic carbocycles. The first-order valence-corrected chi connectivity index (χ1v) is 8.60. The number of rotatable bonds is 5. The van der Waals surface area contributed by atoms with Crippen LogP contribution in [-0.4, -0.2) is 35.0 Å². The SMILES string of the molecule is COc1ccc(N2C(=O)CC[C@H]2C(=O)Cc2cc(C(C)(C)C)no2)nc1. The molecule has 1 saturated heterocycles. The predicted molar refractivity (Wildman–Crippen MR) is 95.2 cm³/mol.